The molecule has 0 aromatic heterocycles. The van der Waals surface area contributed by atoms with Gasteiger partial charge >= 0.3 is 0 Å². The molecular weight excluding hydrogens is 176 g/mol. The summed E-state index contributed by atoms with van der Waals surface area (Å²) in [5.41, 5.74) is 0. The lowest BCUT2D eigenvalue weighted by Gasteiger charge is -2.18. The summed E-state index contributed by atoms with van der Waals surface area (Å²) in [5.74, 6) is 1.18. The number of aliphatic hydroxyl groups excluding tert-OH is 1. The molecule has 1 fully saturated rings. The van der Waals surface area contributed by atoms with Gasteiger partial charge in [0.1, 0.15) is 0 Å². The molecule has 0 aromatic carbocycles. The molecule has 0 aliphatic carbocycles. The van der Waals surface area contributed by atoms with Crippen molar-refractivity contribution in [1.82, 2.24) is 0 Å². The average Bonchev–Trinajstić information content (AvgIpc) is 2.64. The summed E-state index contributed by atoms with van der Waals surface area (Å²) in [6, 6.07) is 0. The van der Waals surface area contributed by atoms with Crippen LogP contribution in [0.3, 0.4) is 0 Å². The molecule has 2 heteroatoms. The number of ether oxygens (including phenoxy) is 1. The first-order chi connectivity index (χ1) is 6.72. The van der Waals surface area contributed by atoms with Gasteiger partial charge in [-0.15, -0.1) is 0 Å². The van der Waals surface area contributed by atoms with Crippen molar-refractivity contribution in [3.63, 3.8) is 0 Å². The van der Waals surface area contributed by atoms with Crippen molar-refractivity contribution in [2.75, 3.05) is 13.2 Å². The molecule has 0 saturated carbocycles. The zero-order chi connectivity index (χ0) is 10.4. The maximum atomic E-state index is 9.21. The highest BCUT2D eigenvalue weighted by Crippen LogP contribution is 2.22. The van der Waals surface area contributed by atoms with E-state index in [9.17, 15) is 5.11 Å². The molecule has 0 amide bonds. The molecule has 1 rings (SSSR count). The van der Waals surface area contributed by atoms with Crippen LogP contribution in [0.4, 0.5) is 0 Å². The van der Waals surface area contributed by atoms with E-state index < -0.39 is 0 Å². The van der Waals surface area contributed by atoms with E-state index in [2.05, 4.69) is 13.8 Å². The van der Waals surface area contributed by atoms with Crippen molar-refractivity contribution in [2.24, 2.45) is 11.8 Å². The zero-order valence-corrected chi connectivity index (χ0v) is 9.54. The summed E-state index contributed by atoms with van der Waals surface area (Å²) in [6.07, 6.45) is 6.33. The van der Waals surface area contributed by atoms with Crippen molar-refractivity contribution < 1.29 is 9.84 Å². The number of hydrogen-bond acceptors (Lipinski definition) is 2. The van der Waals surface area contributed by atoms with Crippen LogP contribution in [0.1, 0.15) is 46.0 Å². The Morgan fingerprint density at radius 1 is 1.43 bits per heavy atom. The van der Waals surface area contributed by atoms with Crippen LogP contribution in [-0.2, 0) is 4.74 Å². The molecule has 1 saturated heterocycles. The van der Waals surface area contributed by atoms with E-state index in [0.29, 0.717) is 24.5 Å². The Morgan fingerprint density at radius 3 is 2.71 bits per heavy atom. The Bertz CT molecular complexity index is 139. The molecule has 14 heavy (non-hydrogen) atoms. The molecule has 0 spiro atoms. The third kappa shape index (κ3) is 4.43. The van der Waals surface area contributed by atoms with Crippen LogP contribution in [-0.4, -0.2) is 24.4 Å². The first-order valence-corrected chi connectivity index (χ1v) is 5.94. The van der Waals surface area contributed by atoms with Crippen molar-refractivity contribution in [3.05, 3.63) is 0 Å². The van der Waals surface area contributed by atoms with Crippen LogP contribution in [0.5, 0.6) is 0 Å². The number of rotatable bonds is 6. The number of hydrogen-bond donors (Lipinski definition) is 1. The standard InChI is InChI=1S/C12H24O2/c1-10(2)8-11(9-13)5-6-12-4-3-7-14-12/h10-13H,3-9H2,1-2H3. The van der Waals surface area contributed by atoms with E-state index in [1.54, 1.807) is 0 Å². The molecule has 1 heterocycles. The summed E-state index contributed by atoms with van der Waals surface area (Å²) in [5, 5.41) is 9.21. The lowest BCUT2D eigenvalue weighted by Crippen LogP contribution is -2.13. The second-order valence-corrected chi connectivity index (χ2v) is 4.89. The first-order valence-electron chi connectivity index (χ1n) is 5.94. The van der Waals surface area contributed by atoms with Gasteiger partial charge in [0, 0.05) is 13.2 Å². The molecule has 0 aromatic rings. The fourth-order valence-electron chi connectivity index (χ4n) is 2.24. The van der Waals surface area contributed by atoms with Crippen molar-refractivity contribution in [2.45, 2.75) is 52.1 Å². The Balaban J connectivity index is 2.12. The van der Waals surface area contributed by atoms with E-state index in [0.717, 1.165) is 25.9 Å². The summed E-state index contributed by atoms with van der Waals surface area (Å²) >= 11 is 0. The summed E-state index contributed by atoms with van der Waals surface area (Å²) in [6.45, 7) is 5.72. The second-order valence-electron chi connectivity index (χ2n) is 4.89. The lowest BCUT2D eigenvalue weighted by molar-refractivity contribution is 0.0909. The molecule has 0 bridgehead atoms. The minimum absolute atomic E-state index is 0.338. The highest BCUT2D eigenvalue weighted by Gasteiger charge is 2.18. The zero-order valence-electron chi connectivity index (χ0n) is 9.54. The van der Waals surface area contributed by atoms with Gasteiger partial charge in [0.15, 0.2) is 0 Å². The van der Waals surface area contributed by atoms with E-state index >= 15 is 0 Å². The van der Waals surface area contributed by atoms with E-state index in [1.807, 2.05) is 0 Å². The van der Waals surface area contributed by atoms with Crippen LogP contribution in [0.15, 0.2) is 0 Å². The Kier molecular flexibility index (Phi) is 5.49. The molecule has 1 aliphatic rings. The molecule has 2 atom stereocenters. The van der Waals surface area contributed by atoms with Gasteiger partial charge in [0.05, 0.1) is 6.10 Å². The maximum absolute atomic E-state index is 9.21. The topological polar surface area (TPSA) is 29.5 Å². The van der Waals surface area contributed by atoms with Crippen molar-refractivity contribution in [3.8, 4) is 0 Å². The lowest BCUT2D eigenvalue weighted by atomic mass is 9.92. The smallest absolute Gasteiger partial charge is 0.0576 e. The molecule has 1 aliphatic heterocycles. The third-order valence-electron chi connectivity index (χ3n) is 2.98. The van der Waals surface area contributed by atoms with Crippen LogP contribution in [0.2, 0.25) is 0 Å². The number of aliphatic hydroxyl groups is 1. The monoisotopic (exact) mass is 200 g/mol. The predicted octanol–water partition coefficient (Wildman–Crippen LogP) is 2.60. The van der Waals surface area contributed by atoms with Gasteiger partial charge in [-0.3, -0.25) is 0 Å². The highest BCUT2D eigenvalue weighted by atomic mass is 16.5. The average molecular weight is 200 g/mol. The van der Waals surface area contributed by atoms with Gasteiger partial charge < -0.3 is 9.84 Å². The minimum atomic E-state index is 0.338. The summed E-state index contributed by atoms with van der Waals surface area (Å²) < 4.78 is 5.57. The van der Waals surface area contributed by atoms with Crippen LogP contribution in [0.25, 0.3) is 0 Å². The Morgan fingerprint density at radius 2 is 2.21 bits per heavy atom. The highest BCUT2D eigenvalue weighted by molar-refractivity contribution is 4.68. The van der Waals surface area contributed by atoms with Crippen molar-refractivity contribution in [1.29, 1.82) is 0 Å². The van der Waals surface area contributed by atoms with Crippen molar-refractivity contribution >= 4 is 0 Å². The molecule has 2 unspecified atom stereocenters. The van der Waals surface area contributed by atoms with E-state index in [-0.39, 0.29) is 0 Å². The normalized spacial score (nSPS) is 24.4. The Hall–Kier alpha value is -0.0800. The van der Waals surface area contributed by atoms with Gasteiger partial charge in [-0.2, -0.15) is 0 Å². The quantitative estimate of drug-likeness (QED) is 0.714. The SMILES string of the molecule is CC(C)CC(CO)CCC1CCCO1. The fraction of sp³-hybridized carbons (Fsp3) is 1.00. The van der Waals surface area contributed by atoms with Crippen LogP contribution < -0.4 is 0 Å². The summed E-state index contributed by atoms with van der Waals surface area (Å²) in [7, 11) is 0. The van der Waals surface area contributed by atoms with Gasteiger partial charge in [-0.25, -0.2) is 0 Å². The minimum Gasteiger partial charge on any atom is -0.396 e. The molecule has 84 valence electrons. The van der Waals surface area contributed by atoms with E-state index in [4.69, 9.17) is 4.74 Å². The largest absolute Gasteiger partial charge is 0.396 e. The third-order valence-corrected chi connectivity index (χ3v) is 2.98. The second kappa shape index (κ2) is 6.41. The molecular formula is C12H24O2. The van der Waals surface area contributed by atoms with Crippen LogP contribution in [0, 0.1) is 11.8 Å². The first kappa shape index (κ1) is 12.0. The predicted molar refractivity (Wildman–Crippen MR) is 58.2 cm³/mol. The van der Waals surface area contributed by atoms with Gasteiger partial charge in [0.25, 0.3) is 0 Å². The molecule has 1 N–H and O–H groups in total. The van der Waals surface area contributed by atoms with Gasteiger partial charge in [-0.1, -0.05) is 13.8 Å². The molecule has 0 radical (unpaired) electrons. The molecule has 2 nitrogen and oxygen atoms in total. The Labute approximate surface area is 87.7 Å². The van der Waals surface area contributed by atoms with E-state index in [1.165, 1.54) is 12.8 Å². The maximum Gasteiger partial charge on any atom is 0.0576 e. The van der Waals surface area contributed by atoms with Gasteiger partial charge in [0.2, 0.25) is 0 Å². The van der Waals surface area contributed by atoms with Gasteiger partial charge in [-0.05, 0) is 43.9 Å². The van der Waals surface area contributed by atoms with Crippen LogP contribution >= 0.6 is 0 Å². The fourth-order valence-corrected chi connectivity index (χ4v) is 2.24. The summed E-state index contributed by atoms with van der Waals surface area (Å²) in [4.78, 5) is 0.